The van der Waals surface area contributed by atoms with Gasteiger partial charge in [0.2, 0.25) is 0 Å². The van der Waals surface area contributed by atoms with Gasteiger partial charge in [0.15, 0.2) is 0 Å². The normalized spacial score (nSPS) is 23.4. The predicted molar refractivity (Wildman–Crippen MR) is 83.9 cm³/mol. The second-order valence-corrected chi connectivity index (χ2v) is 7.13. The highest BCUT2D eigenvalue weighted by Crippen LogP contribution is 2.29. The fourth-order valence-corrected chi connectivity index (χ4v) is 3.43. The molecule has 1 aliphatic rings. The summed E-state index contributed by atoms with van der Waals surface area (Å²) in [4.78, 5) is 2.49. The van der Waals surface area contributed by atoms with Gasteiger partial charge in [-0.25, -0.2) is 0 Å². The van der Waals surface area contributed by atoms with Crippen LogP contribution in [0.5, 0.6) is 0 Å². The molecule has 1 atom stereocenters. The average Bonchev–Trinajstić information content (AvgIpc) is 2.33. The van der Waals surface area contributed by atoms with Crippen molar-refractivity contribution in [3.05, 3.63) is 35.9 Å². The summed E-state index contributed by atoms with van der Waals surface area (Å²) < 4.78 is 6.14. The Kier molecular flexibility index (Phi) is 4.52. The molecule has 112 valence electrons. The van der Waals surface area contributed by atoms with Crippen LogP contribution in [0.25, 0.3) is 0 Å². The number of hydrogen-bond donors (Lipinski definition) is 1. The quantitative estimate of drug-likeness (QED) is 0.918. The molecule has 1 saturated heterocycles. The predicted octanol–water partition coefficient (Wildman–Crippen LogP) is 2.62. The van der Waals surface area contributed by atoms with E-state index in [4.69, 9.17) is 10.5 Å². The minimum absolute atomic E-state index is 0.0996. The van der Waals surface area contributed by atoms with Crippen molar-refractivity contribution in [1.82, 2.24) is 4.90 Å². The third-order valence-corrected chi connectivity index (χ3v) is 3.80. The number of nitrogens with two attached hydrogens (primary N) is 1. The van der Waals surface area contributed by atoms with Crippen molar-refractivity contribution >= 4 is 0 Å². The number of morpholine rings is 1. The summed E-state index contributed by atoms with van der Waals surface area (Å²) in [6.07, 6.45) is 0. The second kappa shape index (κ2) is 5.84. The van der Waals surface area contributed by atoms with Crippen molar-refractivity contribution in [2.75, 3.05) is 26.2 Å². The second-order valence-electron chi connectivity index (χ2n) is 7.13. The van der Waals surface area contributed by atoms with Crippen LogP contribution in [0.4, 0.5) is 0 Å². The van der Waals surface area contributed by atoms with Crippen LogP contribution in [0, 0.1) is 0 Å². The van der Waals surface area contributed by atoms with Gasteiger partial charge in [-0.15, -0.1) is 0 Å². The molecule has 2 N–H and O–H groups in total. The Morgan fingerprint density at radius 1 is 1.10 bits per heavy atom. The standard InChI is InChI=1S/C17H28N2O/c1-16(2)12-19(13-17(3,4)20-16)11-15(10-18)14-8-6-5-7-9-14/h5-9,15H,10-13,18H2,1-4H3. The van der Waals surface area contributed by atoms with Crippen molar-refractivity contribution in [2.24, 2.45) is 5.73 Å². The molecule has 0 amide bonds. The third-order valence-electron chi connectivity index (χ3n) is 3.80. The first-order chi connectivity index (χ1) is 9.31. The smallest absolute Gasteiger partial charge is 0.0760 e. The van der Waals surface area contributed by atoms with Gasteiger partial charge < -0.3 is 10.5 Å². The molecule has 3 nitrogen and oxygen atoms in total. The highest BCUT2D eigenvalue weighted by atomic mass is 16.5. The van der Waals surface area contributed by atoms with Crippen LogP contribution in [0.15, 0.2) is 30.3 Å². The fourth-order valence-electron chi connectivity index (χ4n) is 3.43. The van der Waals surface area contributed by atoms with Gasteiger partial charge in [-0.3, -0.25) is 4.90 Å². The Hall–Kier alpha value is -0.900. The van der Waals surface area contributed by atoms with E-state index < -0.39 is 0 Å². The molecule has 0 aromatic heterocycles. The molecule has 0 radical (unpaired) electrons. The molecule has 1 aromatic carbocycles. The minimum Gasteiger partial charge on any atom is -0.367 e. The first-order valence-electron chi connectivity index (χ1n) is 7.49. The molecule has 1 heterocycles. The molecule has 3 heteroatoms. The molecular formula is C17H28N2O. The molecule has 20 heavy (non-hydrogen) atoms. The lowest BCUT2D eigenvalue weighted by atomic mass is 9.94. The molecule has 0 spiro atoms. The van der Waals surface area contributed by atoms with Gasteiger partial charge in [-0.1, -0.05) is 30.3 Å². The zero-order chi connectivity index (χ0) is 14.8. The molecule has 0 aliphatic carbocycles. The van der Waals surface area contributed by atoms with Crippen LogP contribution in [0.3, 0.4) is 0 Å². The van der Waals surface area contributed by atoms with Gasteiger partial charge in [-0.05, 0) is 33.3 Å². The summed E-state index contributed by atoms with van der Waals surface area (Å²) in [5.74, 6) is 0.390. The van der Waals surface area contributed by atoms with Crippen LogP contribution in [0.1, 0.15) is 39.2 Å². The summed E-state index contributed by atoms with van der Waals surface area (Å²) in [5.41, 5.74) is 7.13. The largest absolute Gasteiger partial charge is 0.367 e. The maximum absolute atomic E-state index is 6.14. The topological polar surface area (TPSA) is 38.5 Å². The van der Waals surface area contributed by atoms with E-state index in [2.05, 4.69) is 62.9 Å². The highest BCUT2D eigenvalue weighted by Gasteiger charge is 2.38. The van der Waals surface area contributed by atoms with Crippen molar-refractivity contribution < 1.29 is 4.74 Å². The summed E-state index contributed by atoms with van der Waals surface area (Å²) >= 11 is 0. The Morgan fingerprint density at radius 3 is 2.15 bits per heavy atom. The lowest BCUT2D eigenvalue weighted by Crippen LogP contribution is -2.57. The zero-order valence-corrected chi connectivity index (χ0v) is 13.2. The molecule has 2 rings (SSSR count). The summed E-state index contributed by atoms with van der Waals surface area (Å²) in [6.45, 7) is 12.3. The maximum Gasteiger partial charge on any atom is 0.0760 e. The molecule has 1 aliphatic heterocycles. The maximum atomic E-state index is 6.14. The summed E-state index contributed by atoms with van der Waals surface area (Å²) in [6, 6.07) is 10.6. The number of hydrogen-bond acceptors (Lipinski definition) is 3. The van der Waals surface area contributed by atoms with Crippen molar-refractivity contribution in [1.29, 1.82) is 0 Å². The van der Waals surface area contributed by atoms with E-state index in [-0.39, 0.29) is 11.2 Å². The highest BCUT2D eigenvalue weighted by molar-refractivity contribution is 5.20. The Balaban J connectivity index is 2.08. The van der Waals surface area contributed by atoms with Crippen LogP contribution in [0.2, 0.25) is 0 Å². The zero-order valence-electron chi connectivity index (χ0n) is 13.2. The van der Waals surface area contributed by atoms with E-state index in [1.54, 1.807) is 0 Å². The number of rotatable bonds is 4. The average molecular weight is 276 g/mol. The molecule has 1 fully saturated rings. The van der Waals surface area contributed by atoms with Crippen molar-refractivity contribution in [3.63, 3.8) is 0 Å². The third kappa shape index (κ3) is 4.05. The molecule has 1 aromatic rings. The van der Waals surface area contributed by atoms with E-state index in [1.165, 1.54) is 5.56 Å². The first-order valence-corrected chi connectivity index (χ1v) is 7.49. The van der Waals surface area contributed by atoms with Crippen LogP contribution in [-0.2, 0) is 4.74 Å². The number of nitrogens with zero attached hydrogens (tertiary/aromatic N) is 1. The van der Waals surface area contributed by atoms with E-state index in [0.29, 0.717) is 12.5 Å². The van der Waals surface area contributed by atoms with E-state index in [0.717, 1.165) is 19.6 Å². The Morgan fingerprint density at radius 2 is 1.65 bits per heavy atom. The summed E-state index contributed by atoms with van der Waals surface area (Å²) in [7, 11) is 0. The van der Waals surface area contributed by atoms with Crippen LogP contribution >= 0.6 is 0 Å². The van der Waals surface area contributed by atoms with Gasteiger partial charge in [0.1, 0.15) is 0 Å². The molecule has 0 bridgehead atoms. The van der Waals surface area contributed by atoms with Crippen molar-refractivity contribution in [3.8, 4) is 0 Å². The first kappa shape index (κ1) is 15.5. The SMILES string of the molecule is CC1(C)CN(CC(CN)c2ccccc2)CC(C)(C)O1. The van der Waals surface area contributed by atoms with E-state index >= 15 is 0 Å². The van der Waals surface area contributed by atoms with Gasteiger partial charge in [0.25, 0.3) is 0 Å². The van der Waals surface area contributed by atoms with Gasteiger partial charge in [0.05, 0.1) is 11.2 Å². The van der Waals surface area contributed by atoms with Crippen molar-refractivity contribution in [2.45, 2.75) is 44.8 Å². The van der Waals surface area contributed by atoms with Crippen LogP contribution < -0.4 is 5.73 Å². The number of ether oxygens (including phenoxy) is 1. The molecular weight excluding hydrogens is 248 g/mol. The van der Waals surface area contributed by atoms with Gasteiger partial charge in [0, 0.05) is 32.1 Å². The van der Waals surface area contributed by atoms with Gasteiger partial charge in [-0.2, -0.15) is 0 Å². The molecule has 1 unspecified atom stereocenters. The van der Waals surface area contributed by atoms with Crippen LogP contribution in [-0.4, -0.2) is 42.3 Å². The monoisotopic (exact) mass is 276 g/mol. The number of benzene rings is 1. The van der Waals surface area contributed by atoms with E-state index in [1.807, 2.05) is 0 Å². The fraction of sp³-hybridized carbons (Fsp3) is 0.647. The Labute approximate surface area is 123 Å². The molecule has 0 saturated carbocycles. The van der Waals surface area contributed by atoms with Gasteiger partial charge >= 0.3 is 0 Å². The lowest BCUT2D eigenvalue weighted by Gasteiger charge is -2.48. The Bertz CT molecular complexity index is 412. The lowest BCUT2D eigenvalue weighted by molar-refractivity contribution is -0.180. The van der Waals surface area contributed by atoms with E-state index in [9.17, 15) is 0 Å². The minimum atomic E-state index is -0.0996. The summed E-state index contributed by atoms with van der Waals surface area (Å²) in [5, 5.41) is 0.